The number of hydrogen-bond acceptors (Lipinski definition) is 4. The van der Waals surface area contributed by atoms with Crippen molar-refractivity contribution in [1.82, 2.24) is 9.88 Å². The van der Waals surface area contributed by atoms with E-state index in [9.17, 15) is 0 Å². The molecule has 4 rings (SSSR count). The smallest absolute Gasteiger partial charge is 0.0652 e. The summed E-state index contributed by atoms with van der Waals surface area (Å²) in [7, 11) is 0. The van der Waals surface area contributed by atoms with Crippen LogP contribution in [0.15, 0.2) is 35.8 Å². The Kier molecular flexibility index (Phi) is 5.65. The van der Waals surface area contributed by atoms with Crippen molar-refractivity contribution in [2.45, 2.75) is 84.0 Å². The summed E-state index contributed by atoms with van der Waals surface area (Å²) in [6, 6.07) is 8.85. The van der Waals surface area contributed by atoms with Crippen LogP contribution >= 0.6 is 11.3 Å². The van der Waals surface area contributed by atoms with Gasteiger partial charge in [0.15, 0.2) is 0 Å². The van der Waals surface area contributed by atoms with Gasteiger partial charge in [-0.05, 0) is 96.3 Å². The summed E-state index contributed by atoms with van der Waals surface area (Å²) in [5, 5.41) is 2.20. The molecule has 1 unspecified atom stereocenters. The summed E-state index contributed by atoms with van der Waals surface area (Å²) in [6.45, 7) is 13.5. The molecular formula is C25H36N2OS. The first-order valence-electron chi connectivity index (χ1n) is 11.1. The predicted octanol–water partition coefficient (Wildman–Crippen LogP) is 5.97. The van der Waals surface area contributed by atoms with Gasteiger partial charge in [-0.3, -0.25) is 9.88 Å². The zero-order valence-electron chi connectivity index (χ0n) is 18.7. The number of aromatic nitrogens is 1. The zero-order valence-corrected chi connectivity index (χ0v) is 19.5. The van der Waals surface area contributed by atoms with E-state index in [1.54, 1.807) is 0 Å². The number of rotatable bonds is 6. The molecule has 158 valence electrons. The topological polar surface area (TPSA) is 25.4 Å². The Balaban J connectivity index is 1.56. The highest BCUT2D eigenvalue weighted by Gasteiger charge is 2.51. The zero-order chi connectivity index (χ0) is 20.7. The summed E-state index contributed by atoms with van der Waals surface area (Å²) in [6.07, 6.45) is 8.40. The van der Waals surface area contributed by atoms with Gasteiger partial charge in [0.1, 0.15) is 0 Å². The second kappa shape index (κ2) is 7.79. The second-order valence-corrected chi connectivity index (χ2v) is 11.3. The molecule has 29 heavy (non-hydrogen) atoms. The number of ether oxygens (including phenoxy) is 1. The number of aryl methyl sites for hydroxylation is 2. The van der Waals surface area contributed by atoms with Crippen LogP contribution in [0, 0.1) is 12.3 Å². The molecule has 2 aliphatic rings. The van der Waals surface area contributed by atoms with Crippen LogP contribution in [-0.2, 0) is 16.7 Å². The first kappa shape index (κ1) is 21.0. The number of likely N-dealkylation sites (tertiary alicyclic amines) is 1. The third-order valence-electron chi connectivity index (χ3n) is 7.40. The number of thiophene rings is 1. The maximum atomic E-state index is 6.65. The summed E-state index contributed by atoms with van der Waals surface area (Å²) in [5.74, 6) is 0. The highest BCUT2D eigenvalue weighted by atomic mass is 32.1. The molecule has 2 fully saturated rings. The molecule has 0 bridgehead atoms. The van der Waals surface area contributed by atoms with E-state index in [0.717, 1.165) is 25.2 Å². The van der Waals surface area contributed by atoms with Gasteiger partial charge in [0, 0.05) is 34.3 Å². The van der Waals surface area contributed by atoms with Crippen molar-refractivity contribution in [2.75, 3.05) is 13.1 Å². The third-order valence-corrected chi connectivity index (χ3v) is 8.33. The first-order valence-corrected chi connectivity index (χ1v) is 12.0. The maximum absolute atomic E-state index is 6.65. The Bertz CT molecular complexity index is 812. The molecule has 4 heteroatoms. The average molecular weight is 413 g/mol. The van der Waals surface area contributed by atoms with Crippen molar-refractivity contribution in [3.63, 3.8) is 0 Å². The molecule has 0 saturated carbocycles. The molecule has 4 heterocycles. The third kappa shape index (κ3) is 4.30. The van der Waals surface area contributed by atoms with Gasteiger partial charge >= 0.3 is 0 Å². The van der Waals surface area contributed by atoms with Crippen LogP contribution < -0.4 is 0 Å². The molecule has 0 radical (unpaired) electrons. The Morgan fingerprint density at radius 2 is 2.07 bits per heavy atom. The maximum Gasteiger partial charge on any atom is 0.0652 e. The van der Waals surface area contributed by atoms with Gasteiger partial charge in [0.25, 0.3) is 0 Å². The summed E-state index contributed by atoms with van der Waals surface area (Å²) in [5.41, 5.74) is 2.64. The van der Waals surface area contributed by atoms with Gasteiger partial charge in [0.05, 0.1) is 11.7 Å². The van der Waals surface area contributed by atoms with Crippen LogP contribution in [0.1, 0.15) is 69.5 Å². The van der Waals surface area contributed by atoms with E-state index in [1.807, 2.05) is 11.3 Å². The molecular weight excluding hydrogens is 376 g/mol. The quantitative estimate of drug-likeness (QED) is 0.584. The molecule has 2 aliphatic heterocycles. The van der Waals surface area contributed by atoms with Crippen LogP contribution in [0.5, 0.6) is 0 Å². The van der Waals surface area contributed by atoms with Gasteiger partial charge in [-0.15, -0.1) is 11.3 Å². The van der Waals surface area contributed by atoms with E-state index in [-0.39, 0.29) is 16.6 Å². The van der Waals surface area contributed by atoms with Crippen LogP contribution in [0.3, 0.4) is 0 Å². The first-order chi connectivity index (χ1) is 13.7. The highest BCUT2D eigenvalue weighted by molar-refractivity contribution is 7.09. The minimum Gasteiger partial charge on any atom is -0.372 e. The van der Waals surface area contributed by atoms with Gasteiger partial charge in [-0.1, -0.05) is 12.1 Å². The predicted molar refractivity (Wildman–Crippen MR) is 121 cm³/mol. The van der Waals surface area contributed by atoms with Gasteiger partial charge in [0.2, 0.25) is 0 Å². The molecule has 0 aliphatic carbocycles. The van der Waals surface area contributed by atoms with Crippen molar-refractivity contribution in [3.05, 3.63) is 52.0 Å². The number of hydrogen-bond donors (Lipinski definition) is 0. The normalized spacial score (nSPS) is 27.6. The fourth-order valence-electron chi connectivity index (χ4n) is 5.25. The molecule has 0 amide bonds. The van der Waals surface area contributed by atoms with E-state index >= 15 is 0 Å². The largest absolute Gasteiger partial charge is 0.372 e. The van der Waals surface area contributed by atoms with Gasteiger partial charge in [-0.25, -0.2) is 0 Å². The van der Waals surface area contributed by atoms with Crippen molar-refractivity contribution in [1.29, 1.82) is 0 Å². The molecule has 2 atom stereocenters. The number of nitrogens with zero attached hydrogens (tertiary/aromatic N) is 2. The Morgan fingerprint density at radius 3 is 2.69 bits per heavy atom. The molecule has 0 spiro atoms. The van der Waals surface area contributed by atoms with Crippen LogP contribution in [0.2, 0.25) is 0 Å². The van der Waals surface area contributed by atoms with E-state index in [1.165, 1.54) is 36.1 Å². The summed E-state index contributed by atoms with van der Waals surface area (Å²) < 4.78 is 6.65. The van der Waals surface area contributed by atoms with E-state index in [0.29, 0.717) is 6.10 Å². The lowest BCUT2D eigenvalue weighted by Crippen LogP contribution is -2.45. The minimum atomic E-state index is -0.0144. The molecule has 3 nitrogen and oxygen atoms in total. The Labute approximate surface area is 180 Å². The van der Waals surface area contributed by atoms with Crippen molar-refractivity contribution >= 4 is 11.3 Å². The molecule has 2 saturated heterocycles. The van der Waals surface area contributed by atoms with Gasteiger partial charge < -0.3 is 4.74 Å². The Morgan fingerprint density at radius 1 is 1.24 bits per heavy atom. The van der Waals surface area contributed by atoms with E-state index < -0.39 is 0 Å². The van der Waals surface area contributed by atoms with Crippen LogP contribution in [0.25, 0.3) is 0 Å². The molecule has 2 aromatic heterocycles. The van der Waals surface area contributed by atoms with E-state index in [4.69, 9.17) is 4.74 Å². The lowest BCUT2D eigenvalue weighted by atomic mass is 9.75. The molecule has 2 aromatic rings. The van der Waals surface area contributed by atoms with Crippen molar-refractivity contribution in [2.24, 2.45) is 5.41 Å². The minimum absolute atomic E-state index is 0.0144. The highest BCUT2D eigenvalue weighted by Crippen LogP contribution is 2.49. The van der Waals surface area contributed by atoms with Crippen molar-refractivity contribution in [3.8, 4) is 0 Å². The lowest BCUT2D eigenvalue weighted by Gasteiger charge is -2.40. The average Bonchev–Trinajstić information content (AvgIpc) is 3.40. The van der Waals surface area contributed by atoms with E-state index in [2.05, 4.69) is 80.3 Å². The summed E-state index contributed by atoms with van der Waals surface area (Å²) >= 11 is 1.89. The SMILES string of the molecule is Cc1ccc(C(C)(C)N2CC[C@@](CCc3cccs3)(C3CCC(C)(C)O3)C2)cn1. The second-order valence-electron chi connectivity index (χ2n) is 10.3. The van der Waals surface area contributed by atoms with Crippen LogP contribution in [-0.4, -0.2) is 34.7 Å². The summed E-state index contributed by atoms with van der Waals surface area (Å²) in [4.78, 5) is 8.75. The lowest BCUT2D eigenvalue weighted by molar-refractivity contribution is -0.0787. The molecule has 0 N–H and O–H groups in total. The Hall–Kier alpha value is -1.23. The van der Waals surface area contributed by atoms with Crippen molar-refractivity contribution < 1.29 is 4.74 Å². The molecule has 0 aromatic carbocycles. The fraction of sp³-hybridized carbons (Fsp3) is 0.640. The number of pyridine rings is 1. The fourth-order valence-corrected chi connectivity index (χ4v) is 5.96. The monoisotopic (exact) mass is 412 g/mol. The standard InChI is InChI=1S/C25H36N2OS/c1-19-8-9-20(17-26-19)24(4,5)27-15-14-25(18-27,13-10-21-7-6-16-29-21)22-11-12-23(2,3)28-22/h6-9,16-17,22H,10-15,18H2,1-5H3/t22?,25-/m1/s1. The van der Waals surface area contributed by atoms with Gasteiger partial charge in [-0.2, -0.15) is 0 Å². The van der Waals surface area contributed by atoms with Crippen LogP contribution in [0.4, 0.5) is 0 Å².